The quantitative estimate of drug-likeness (QED) is 0.660. The summed E-state index contributed by atoms with van der Waals surface area (Å²) in [5.74, 6) is 0. The summed E-state index contributed by atoms with van der Waals surface area (Å²) in [6, 6.07) is 8.00. The lowest BCUT2D eigenvalue weighted by Crippen LogP contribution is -1.81. The minimum absolute atomic E-state index is 0.788. The van der Waals surface area contributed by atoms with Crippen molar-refractivity contribution in [1.82, 2.24) is 4.98 Å². The van der Waals surface area contributed by atoms with E-state index >= 15 is 0 Å². The lowest BCUT2D eigenvalue weighted by atomic mass is 10.3. The van der Waals surface area contributed by atoms with Gasteiger partial charge < -0.3 is 5.73 Å². The fraction of sp³-hybridized carbons (Fsp3) is 0.0833. The minimum Gasteiger partial charge on any atom is -0.399 e. The molecule has 2 aromatic heterocycles. The monoisotopic (exact) mass is 324 g/mol. The molecule has 0 bridgehead atoms. The molecule has 5 heteroatoms. The van der Waals surface area contributed by atoms with Gasteiger partial charge in [-0.3, -0.25) is 0 Å². The van der Waals surface area contributed by atoms with Crippen molar-refractivity contribution in [3.8, 4) is 9.88 Å². The summed E-state index contributed by atoms with van der Waals surface area (Å²) in [7, 11) is 0. The predicted molar refractivity (Wildman–Crippen MR) is 79.8 cm³/mol. The fourth-order valence-electron chi connectivity index (χ4n) is 1.61. The second kappa shape index (κ2) is 4.08. The van der Waals surface area contributed by atoms with Crippen molar-refractivity contribution in [3.05, 3.63) is 33.6 Å². The standard InChI is InChI=1S/C12H9BrN2S2/c1-6-4-10(16-11(6)13)12-15-8-3-2-7(14)5-9(8)17-12/h2-5H,14H2,1H3. The molecule has 3 aromatic rings. The number of thiazole rings is 1. The van der Waals surface area contributed by atoms with Crippen molar-refractivity contribution in [2.45, 2.75) is 6.92 Å². The zero-order valence-corrected chi connectivity index (χ0v) is 12.2. The number of thiophene rings is 1. The molecule has 0 aliphatic heterocycles. The first-order valence-electron chi connectivity index (χ1n) is 5.06. The third-order valence-corrected chi connectivity index (χ3v) is 5.80. The number of nitrogen functional groups attached to an aromatic ring is 1. The highest BCUT2D eigenvalue weighted by molar-refractivity contribution is 9.11. The molecule has 0 saturated heterocycles. The van der Waals surface area contributed by atoms with Crippen molar-refractivity contribution in [3.63, 3.8) is 0 Å². The van der Waals surface area contributed by atoms with E-state index in [1.807, 2.05) is 18.2 Å². The number of rotatable bonds is 1. The molecule has 17 heavy (non-hydrogen) atoms. The normalized spacial score (nSPS) is 11.2. The molecular formula is C12H9BrN2S2. The number of benzene rings is 1. The lowest BCUT2D eigenvalue weighted by Gasteiger charge is -1.89. The Morgan fingerprint density at radius 2 is 2.06 bits per heavy atom. The Kier molecular flexibility index (Phi) is 2.69. The zero-order valence-electron chi connectivity index (χ0n) is 9.03. The number of halogens is 1. The Morgan fingerprint density at radius 3 is 2.76 bits per heavy atom. The number of hydrogen-bond acceptors (Lipinski definition) is 4. The minimum atomic E-state index is 0.788. The third kappa shape index (κ3) is 1.99. The molecule has 0 radical (unpaired) electrons. The molecule has 3 rings (SSSR count). The second-order valence-corrected chi connectivity index (χ2v) is 7.21. The van der Waals surface area contributed by atoms with E-state index in [1.165, 1.54) is 14.2 Å². The third-order valence-electron chi connectivity index (χ3n) is 2.48. The zero-order chi connectivity index (χ0) is 12.0. The van der Waals surface area contributed by atoms with Gasteiger partial charge in [-0.1, -0.05) is 0 Å². The van der Waals surface area contributed by atoms with Crippen molar-refractivity contribution < 1.29 is 0 Å². The average Bonchev–Trinajstić information content (AvgIpc) is 2.83. The highest BCUT2D eigenvalue weighted by Crippen LogP contribution is 2.38. The molecule has 1 aromatic carbocycles. The number of hydrogen-bond donors (Lipinski definition) is 1. The van der Waals surface area contributed by atoms with E-state index in [2.05, 4.69) is 33.9 Å². The van der Waals surface area contributed by atoms with Gasteiger partial charge in [-0.2, -0.15) is 0 Å². The molecule has 2 N–H and O–H groups in total. The van der Waals surface area contributed by atoms with Crippen LogP contribution in [0.15, 0.2) is 28.1 Å². The van der Waals surface area contributed by atoms with Gasteiger partial charge in [-0.15, -0.1) is 22.7 Å². The average molecular weight is 325 g/mol. The summed E-state index contributed by atoms with van der Waals surface area (Å²) < 4.78 is 2.31. The topological polar surface area (TPSA) is 38.9 Å². The molecule has 0 amide bonds. The maximum atomic E-state index is 5.77. The number of aryl methyl sites for hydroxylation is 1. The summed E-state index contributed by atoms with van der Waals surface area (Å²) in [6.45, 7) is 2.09. The molecule has 0 atom stereocenters. The van der Waals surface area contributed by atoms with Crippen molar-refractivity contribution >= 4 is 54.5 Å². The first-order valence-corrected chi connectivity index (χ1v) is 7.48. The molecule has 2 nitrogen and oxygen atoms in total. The molecule has 2 heterocycles. The van der Waals surface area contributed by atoms with Gasteiger partial charge in [0.15, 0.2) is 0 Å². The Bertz CT molecular complexity index is 680. The molecule has 0 fully saturated rings. The summed E-state index contributed by atoms with van der Waals surface area (Å²) in [5, 5.41) is 1.06. The number of anilines is 1. The van der Waals surface area contributed by atoms with Crippen molar-refractivity contribution in [1.29, 1.82) is 0 Å². The summed E-state index contributed by atoms with van der Waals surface area (Å²) >= 11 is 6.95. The van der Waals surface area contributed by atoms with E-state index in [1.54, 1.807) is 22.7 Å². The van der Waals surface area contributed by atoms with Gasteiger partial charge >= 0.3 is 0 Å². The van der Waals surface area contributed by atoms with Crippen molar-refractivity contribution in [2.75, 3.05) is 5.73 Å². The van der Waals surface area contributed by atoms with E-state index in [4.69, 9.17) is 5.73 Å². The Hall–Kier alpha value is -0.910. The predicted octanol–water partition coefficient (Wildman–Crippen LogP) is 4.68. The number of fused-ring (bicyclic) bond motifs is 1. The van der Waals surface area contributed by atoms with Gasteiger partial charge in [-0.25, -0.2) is 4.98 Å². The van der Waals surface area contributed by atoms with Gasteiger partial charge in [0.25, 0.3) is 0 Å². The number of aromatic nitrogens is 1. The van der Waals surface area contributed by atoms with Gasteiger partial charge in [-0.05, 0) is 52.7 Å². The van der Waals surface area contributed by atoms with E-state index < -0.39 is 0 Å². The number of nitrogens with two attached hydrogens (primary N) is 1. The van der Waals surface area contributed by atoms with Crippen LogP contribution in [0.25, 0.3) is 20.1 Å². The van der Waals surface area contributed by atoms with Crippen LogP contribution in [-0.2, 0) is 0 Å². The van der Waals surface area contributed by atoms with Crippen LogP contribution < -0.4 is 5.73 Å². The van der Waals surface area contributed by atoms with Crippen LogP contribution >= 0.6 is 38.6 Å². The fourth-order valence-corrected chi connectivity index (χ4v) is 4.21. The van der Waals surface area contributed by atoms with Gasteiger partial charge in [0.1, 0.15) is 5.01 Å². The Balaban J connectivity index is 2.17. The summed E-state index contributed by atoms with van der Waals surface area (Å²) in [6.07, 6.45) is 0. The van der Waals surface area contributed by atoms with Gasteiger partial charge in [0, 0.05) is 5.69 Å². The lowest BCUT2D eigenvalue weighted by molar-refractivity contribution is 1.48. The van der Waals surface area contributed by atoms with Crippen LogP contribution in [-0.4, -0.2) is 4.98 Å². The molecule has 86 valence electrons. The summed E-state index contributed by atoms with van der Waals surface area (Å²) in [4.78, 5) is 5.83. The largest absolute Gasteiger partial charge is 0.399 e. The van der Waals surface area contributed by atoms with E-state index in [9.17, 15) is 0 Å². The van der Waals surface area contributed by atoms with E-state index in [-0.39, 0.29) is 0 Å². The maximum Gasteiger partial charge on any atom is 0.134 e. The smallest absolute Gasteiger partial charge is 0.134 e. The molecular weight excluding hydrogens is 316 g/mol. The second-order valence-electron chi connectivity index (χ2n) is 3.81. The van der Waals surface area contributed by atoms with Gasteiger partial charge in [0.2, 0.25) is 0 Å². The summed E-state index contributed by atoms with van der Waals surface area (Å²) in [5.41, 5.74) is 8.83. The van der Waals surface area contributed by atoms with Crippen LogP contribution in [0.4, 0.5) is 5.69 Å². The van der Waals surface area contributed by atoms with E-state index in [0.717, 1.165) is 20.9 Å². The van der Waals surface area contributed by atoms with Crippen LogP contribution in [0.1, 0.15) is 5.56 Å². The van der Waals surface area contributed by atoms with Gasteiger partial charge in [0.05, 0.1) is 18.9 Å². The van der Waals surface area contributed by atoms with Crippen LogP contribution in [0.5, 0.6) is 0 Å². The Morgan fingerprint density at radius 1 is 1.24 bits per heavy atom. The molecule has 0 aliphatic rings. The van der Waals surface area contributed by atoms with Crippen LogP contribution in [0.2, 0.25) is 0 Å². The van der Waals surface area contributed by atoms with Crippen molar-refractivity contribution in [2.24, 2.45) is 0 Å². The number of nitrogens with zero attached hydrogens (tertiary/aromatic N) is 1. The first-order chi connectivity index (χ1) is 8.13. The SMILES string of the molecule is Cc1cc(-c2nc3ccc(N)cc3s2)sc1Br. The van der Waals surface area contributed by atoms with E-state index in [0.29, 0.717) is 0 Å². The molecule has 0 aliphatic carbocycles. The van der Waals surface area contributed by atoms with Crippen LogP contribution in [0.3, 0.4) is 0 Å². The maximum absolute atomic E-state index is 5.77. The molecule has 0 unspecified atom stereocenters. The molecule has 0 saturated carbocycles. The van der Waals surface area contributed by atoms with Crippen LogP contribution in [0, 0.1) is 6.92 Å². The Labute approximate surface area is 115 Å². The first kappa shape index (κ1) is 11.2. The highest BCUT2D eigenvalue weighted by atomic mass is 79.9. The molecule has 0 spiro atoms. The highest BCUT2D eigenvalue weighted by Gasteiger charge is 2.10.